The number of carbonyl (C=O) groups excluding carboxylic acids is 1. The SMILES string of the molecule is CCOc1ccc(-c2nc(-c3cccc(NC(=O)c4cccc(C#N)c4)c3)no2)cc1OCC. The summed E-state index contributed by atoms with van der Waals surface area (Å²) in [6.45, 7) is 4.84. The van der Waals surface area contributed by atoms with Crippen molar-refractivity contribution < 1.29 is 18.8 Å². The van der Waals surface area contributed by atoms with Gasteiger partial charge in [-0.1, -0.05) is 23.4 Å². The Balaban J connectivity index is 1.55. The van der Waals surface area contributed by atoms with Crippen molar-refractivity contribution in [2.24, 2.45) is 0 Å². The Kier molecular flexibility index (Phi) is 6.84. The second kappa shape index (κ2) is 10.3. The molecule has 0 spiro atoms. The smallest absolute Gasteiger partial charge is 0.258 e. The lowest BCUT2D eigenvalue weighted by atomic mass is 10.1. The number of carbonyl (C=O) groups is 1. The van der Waals surface area contributed by atoms with E-state index >= 15 is 0 Å². The van der Waals surface area contributed by atoms with Crippen LogP contribution in [0.3, 0.4) is 0 Å². The fourth-order valence-corrected chi connectivity index (χ4v) is 3.31. The number of amides is 1. The van der Waals surface area contributed by atoms with E-state index in [2.05, 4.69) is 15.5 Å². The van der Waals surface area contributed by atoms with Gasteiger partial charge in [0, 0.05) is 22.4 Å². The molecule has 3 aromatic carbocycles. The van der Waals surface area contributed by atoms with E-state index in [-0.39, 0.29) is 5.91 Å². The van der Waals surface area contributed by atoms with Crippen LogP contribution in [0, 0.1) is 11.3 Å². The number of hydrogen-bond donors (Lipinski definition) is 1. The molecular weight excluding hydrogens is 432 g/mol. The lowest BCUT2D eigenvalue weighted by molar-refractivity contribution is 0.102. The zero-order valence-corrected chi connectivity index (χ0v) is 18.7. The topological polar surface area (TPSA) is 110 Å². The van der Waals surface area contributed by atoms with Crippen LogP contribution in [0.25, 0.3) is 22.8 Å². The Labute approximate surface area is 196 Å². The summed E-state index contributed by atoms with van der Waals surface area (Å²) in [6, 6.07) is 21.1. The van der Waals surface area contributed by atoms with Gasteiger partial charge in [-0.05, 0) is 62.4 Å². The summed E-state index contributed by atoms with van der Waals surface area (Å²) in [4.78, 5) is 17.1. The zero-order chi connectivity index (χ0) is 23.9. The van der Waals surface area contributed by atoms with Gasteiger partial charge in [-0.15, -0.1) is 0 Å². The average molecular weight is 454 g/mol. The molecular formula is C26H22N4O4. The van der Waals surface area contributed by atoms with Crippen molar-refractivity contribution in [3.05, 3.63) is 77.9 Å². The molecule has 0 saturated carbocycles. The molecule has 34 heavy (non-hydrogen) atoms. The Hall–Kier alpha value is -4.64. The number of nitriles is 1. The Bertz CT molecular complexity index is 1360. The third-order valence-electron chi connectivity index (χ3n) is 4.85. The lowest BCUT2D eigenvalue weighted by Gasteiger charge is -2.11. The normalized spacial score (nSPS) is 10.4. The van der Waals surface area contributed by atoms with Gasteiger partial charge in [0.05, 0.1) is 24.8 Å². The largest absolute Gasteiger partial charge is 0.490 e. The molecule has 170 valence electrons. The van der Waals surface area contributed by atoms with Gasteiger partial charge in [0.25, 0.3) is 11.8 Å². The third-order valence-corrected chi connectivity index (χ3v) is 4.85. The van der Waals surface area contributed by atoms with E-state index in [0.29, 0.717) is 64.4 Å². The molecule has 0 radical (unpaired) electrons. The highest BCUT2D eigenvalue weighted by Crippen LogP contribution is 2.33. The van der Waals surface area contributed by atoms with E-state index in [9.17, 15) is 4.79 Å². The van der Waals surface area contributed by atoms with Crippen LogP contribution in [0.2, 0.25) is 0 Å². The van der Waals surface area contributed by atoms with Crippen LogP contribution >= 0.6 is 0 Å². The van der Waals surface area contributed by atoms with Crippen molar-refractivity contribution in [1.29, 1.82) is 5.26 Å². The minimum atomic E-state index is -0.319. The number of nitrogens with zero attached hydrogens (tertiary/aromatic N) is 3. The highest BCUT2D eigenvalue weighted by Gasteiger charge is 2.15. The predicted molar refractivity (Wildman–Crippen MR) is 127 cm³/mol. The monoisotopic (exact) mass is 454 g/mol. The van der Waals surface area contributed by atoms with E-state index < -0.39 is 0 Å². The van der Waals surface area contributed by atoms with Gasteiger partial charge in [-0.25, -0.2) is 0 Å². The van der Waals surface area contributed by atoms with Gasteiger partial charge < -0.3 is 19.3 Å². The number of aromatic nitrogens is 2. The van der Waals surface area contributed by atoms with Crippen molar-refractivity contribution in [2.45, 2.75) is 13.8 Å². The molecule has 1 amide bonds. The lowest BCUT2D eigenvalue weighted by Crippen LogP contribution is -2.12. The molecule has 1 heterocycles. The summed E-state index contributed by atoms with van der Waals surface area (Å²) < 4.78 is 16.8. The van der Waals surface area contributed by atoms with Gasteiger partial charge >= 0.3 is 0 Å². The fraction of sp³-hybridized carbons (Fsp3) is 0.154. The third kappa shape index (κ3) is 5.05. The van der Waals surface area contributed by atoms with Gasteiger partial charge in [-0.3, -0.25) is 4.79 Å². The summed E-state index contributed by atoms with van der Waals surface area (Å²) in [7, 11) is 0. The van der Waals surface area contributed by atoms with Crippen LogP contribution in [0.1, 0.15) is 29.8 Å². The number of hydrogen-bond acceptors (Lipinski definition) is 7. The van der Waals surface area contributed by atoms with Crippen LogP contribution in [-0.4, -0.2) is 29.3 Å². The first-order chi connectivity index (χ1) is 16.6. The molecule has 4 aromatic rings. The molecule has 0 bridgehead atoms. The molecule has 0 unspecified atom stereocenters. The van der Waals surface area contributed by atoms with Crippen LogP contribution in [0.4, 0.5) is 5.69 Å². The number of benzene rings is 3. The quantitative estimate of drug-likeness (QED) is 0.383. The first-order valence-electron chi connectivity index (χ1n) is 10.8. The van der Waals surface area contributed by atoms with Crippen LogP contribution in [0.15, 0.2) is 71.3 Å². The van der Waals surface area contributed by atoms with E-state index in [1.165, 1.54) is 6.07 Å². The Morgan fingerprint density at radius 3 is 2.56 bits per heavy atom. The van der Waals surface area contributed by atoms with E-state index in [1.54, 1.807) is 42.5 Å². The highest BCUT2D eigenvalue weighted by atomic mass is 16.5. The van der Waals surface area contributed by atoms with Gasteiger partial charge in [-0.2, -0.15) is 10.2 Å². The van der Waals surface area contributed by atoms with Gasteiger partial charge in [0.2, 0.25) is 5.82 Å². The minimum absolute atomic E-state index is 0.319. The summed E-state index contributed by atoms with van der Waals surface area (Å²) in [5.41, 5.74) is 2.76. The minimum Gasteiger partial charge on any atom is -0.490 e. The van der Waals surface area contributed by atoms with E-state index in [4.69, 9.17) is 19.3 Å². The summed E-state index contributed by atoms with van der Waals surface area (Å²) in [5.74, 6) is 1.65. The molecule has 0 fully saturated rings. The standard InChI is InChI=1S/C26H22N4O4/c1-3-32-22-12-11-20(15-23(22)33-4-2)26-29-24(30-34-26)18-8-6-10-21(14-18)28-25(31)19-9-5-7-17(13-19)16-27/h5-15H,3-4H2,1-2H3,(H,28,31). The Morgan fingerprint density at radius 2 is 1.76 bits per heavy atom. The van der Waals surface area contributed by atoms with Crippen molar-refractivity contribution in [1.82, 2.24) is 10.1 Å². The van der Waals surface area contributed by atoms with Gasteiger partial charge in [0.15, 0.2) is 11.5 Å². The van der Waals surface area contributed by atoms with Crippen molar-refractivity contribution in [3.63, 3.8) is 0 Å². The summed E-state index contributed by atoms with van der Waals surface area (Å²) in [5, 5.41) is 16.0. The molecule has 0 saturated heterocycles. The van der Waals surface area contributed by atoms with Crippen LogP contribution in [0.5, 0.6) is 11.5 Å². The first-order valence-corrected chi connectivity index (χ1v) is 10.8. The van der Waals surface area contributed by atoms with Crippen molar-refractivity contribution >= 4 is 11.6 Å². The first kappa shape index (κ1) is 22.6. The maximum absolute atomic E-state index is 12.6. The number of anilines is 1. The summed E-state index contributed by atoms with van der Waals surface area (Å²) in [6.07, 6.45) is 0. The number of rotatable bonds is 8. The fourth-order valence-electron chi connectivity index (χ4n) is 3.31. The van der Waals surface area contributed by atoms with E-state index in [1.807, 2.05) is 38.1 Å². The molecule has 1 aromatic heterocycles. The predicted octanol–water partition coefficient (Wildman–Crippen LogP) is 5.32. The number of ether oxygens (including phenoxy) is 2. The molecule has 1 N–H and O–H groups in total. The van der Waals surface area contributed by atoms with E-state index in [0.717, 1.165) is 0 Å². The molecule has 0 atom stereocenters. The maximum Gasteiger partial charge on any atom is 0.258 e. The second-order valence-corrected chi connectivity index (χ2v) is 7.18. The summed E-state index contributed by atoms with van der Waals surface area (Å²) >= 11 is 0. The van der Waals surface area contributed by atoms with Crippen LogP contribution < -0.4 is 14.8 Å². The molecule has 0 aliphatic carbocycles. The molecule has 0 aliphatic rings. The second-order valence-electron chi connectivity index (χ2n) is 7.18. The van der Waals surface area contributed by atoms with Crippen molar-refractivity contribution in [3.8, 4) is 40.4 Å². The molecule has 8 heteroatoms. The molecule has 4 rings (SSSR count). The van der Waals surface area contributed by atoms with Gasteiger partial charge in [0.1, 0.15) is 0 Å². The number of nitrogens with one attached hydrogen (secondary N) is 1. The zero-order valence-electron chi connectivity index (χ0n) is 18.7. The molecule has 0 aliphatic heterocycles. The Morgan fingerprint density at radius 1 is 0.971 bits per heavy atom. The highest BCUT2D eigenvalue weighted by molar-refractivity contribution is 6.04. The van der Waals surface area contributed by atoms with Crippen LogP contribution in [-0.2, 0) is 0 Å². The average Bonchev–Trinajstić information content (AvgIpc) is 3.36. The maximum atomic E-state index is 12.6. The molecule has 8 nitrogen and oxygen atoms in total. The van der Waals surface area contributed by atoms with Crippen molar-refractivity contribution in [2.75, 3.05) is 18.5 Å².